The zero-order chi connectivity index (χ0) is 18.7. The van der Waals surface area contributed by atoms with Gasteiger partial charge >= 0.3 is 5.97 Å². The predicted molar refractivity (Wildman–Crippen MR) is 98.9 cm³/mol. The Labute approximate surface area is 160 Å². The third kappa shape index (κ3) is 3.99. The fourth-order valence-corrected chi connectivity index (χ4v) is 4.04. The molecule has 0 saturated heterocycles. The second-order valence-corrected chi connectivity index (χ2v) is 7.83. The van der Waals surface area contributed by atoms with Gasteiger partial charge in [-0.2, -0.15) is 0 Å². The van der Waals surface area contributed by atoms with Gasteiger partial charge in [-0.25, -0.2) is 9.78 Å². The summed E-state index contributed by atoms with van der Waals surface area (Å²) in [7, 11) is 0. The van der Waals surface area contributed by atoms with Crippen molar-refractivity contribution in [3.05, 3.63) is 44.9 Å². The first kappa shape index (κ1) is 18.7. The van der Waals surface area contributed by atoms with Crippen LogP contribution < -0.4 is 10.1 Å². The number of hydrogen-bond donors (Lipinski definition) is 2. The first-order valence-corrected chi connectivity index (χ1v) is 9.50. The van der Waals surface area contributed by atoms with Gasteiger partial charge in [-0.3, -0.25) is 4.79 Å². The van der Waals surface area contributed by atoms with Crippen molar-refractivity contribution in [1.29, 1.82) is 0 Å². The standard InChI is InChI=1S/C18H19ClN2O4S/c1-11-15(16(22)21-18(17(23)24)8-2-3-9-18)26-14(20-11)10-25-13-6-4-12(19)5-7-13/h4-7H,2-3,8-10H2,1H3,(H,21,22)(H,23,24). The fourth-order valence-electron chi connectivity index (χ4n) is 3.05. The van der Waals surface area contributed by atoms with Crippen LogP contribution in [0.3, 0.4) is 0 Å². The van der Waals surface area contributed by atoms with Gasteiger partial charge in [-0.05, 0) is 44.0 Å². The maximum absolute atomic E-state index is 12.6. The molecule has 3 rings (SSSR count). The Kier molecular flexibility index (Phi) is 5.48. The molecule has 0 atom stereocenters. The quantitative estimate of drug-likeness (QED) is 0.777. The van der Waals surface area contributed by atoms with Gasteiger partial charge in [0.25, 0.3) is 5.91 Å². The molecule has 1 aromatic heterocycles. The highest BCUT2D eigenvalue weighted by Crippen LogP contribution is 2.31. The van der Waals surface area contributed by atoms with E-state index in [0.717, 1.165) is 12.8 Å². The van der Waals surface area contributed by atoms with Gasteiger partial charge in [0.2, 0.25) is 0 Å². The number of nitrogens with one attached hydrogen (secondary N) is 1. The Morgan fingerprint density at radius 2 is 1.96 bits per heavy atom. The van der Waals surface area contributed by atoms with E-state index in [0.29, 0.717) is 39.2 Å². The third-order valence-corrected chi connectivity index (χ3v) is 5.82. The highest BCUT2D eigenvalue weighted by molar-refractivity contribution is 7.13. The van der Waals surface area contributed by atoms with Crippen LogP contribution in [0.4, 0.5) is 0 Å². The topological polar surface area (TPSA) is 88.5 Å². The molecular formula is C18H19ClN2O4S. The first-order chi connectivity index (χ1) is 12.4. The summed E-state index contributed by atoms with van der Waals surface area (Å²) in [5.41, 5.74) is -0.589. The molecule has 26 heavy (non-hydrogen) atoms. The summed E-state index contributed by atoms with van der Waals surface area (Å²) in [5.74, 6) is -0.706. The smallest absolute Gasteiger partial charge is 0.329 e. The average molecular weight is 395 g/mol. The summed E-state index contributed by atoms with van der Waals surface area (Å²) in [6.45, 7) is 1.96. The van der Waals surface area contributed by atoms with Gasteiger partial charge < -0.3 is 15.2 Å². The summed E-state index contributed by atoms with van der Waals surface area (Å²) < 4.78 is 5.65. The number of carbonyl (C=O) groups is 2. The molecule has 0 aliphatic heterocycles. The van der Waals surface area contributed by atoms with E-state index < -0.39 is 11.5 Å². The number of carboxylic acids is 1. The summed E-state index contributed by atoms with van der Waals surface area (Å²) in [5, 5.41) is 13.5. The Morgan fingerprint density at radius 3 is 2.58 bits per heavy atom. The molecule has 138 valence electrons. The molecule has 0 bridgehead atoms. The molecule has 1 aliphatic carbocycles. The average Bonchev–Trinajstić information content (AvgIpc) is 3.22. The van der Waals surface area contributed by atoms with Gasteiger partial charge in [0.1, 0.15) is 27.8 Å². The maximum Gasteiger partial charge on any atom is 0.329 e. The number of nitrogens with zero attached hydrogens (tertiary/aromatic N) is 1. The Hall–Kier alpha value is -2.12. The van der Waals surface area contributed by atoms with Crippen molar-refractivity contribution in [2.45, 2.75) is 44.8 Å². The van der Waals surface area contributed by atoms with Crippen molar-refractivity contribution in [3.8, 4) is 5.75 Å². The van der Waals surface area contributed by atoms with E-state index in [1.54, 1.807) is 31.2 Å². The van der Waals surface area contributed by atoms with E-state index in [9.17, 15) is 14.7 Å². The molecule has 0 spiro atoms. The van der Waals surface area contributed by atoms with E-state index in [-0.39, 0.29) is 12.5 Å². The van der Waals surface area contributed by atoms with E-state index in [1.165, 1.54) is 11.3 Å². The van der Waals surface area contributed by atoms with Gasteiger partial charge in [0.15, 0.2) is 0 Å². The second kappa shape index (κ2) is 7.63. The predicted octanol–water partition coefficient (Wildman–Crippen LogP) is 3.81. The number of amides is 1. The highest BCUT2D eigenvalue weighted by atomic mass is 35.5. The molecule has 2 aromatic rings. The number of aryl methyl sites for hydroxylation is 1. The van der Waals surface area contributed by atoms with Gasteiger partial charge in [0.05, 0.1) is 5.69 Å². The van der Waals surface area contributed by atoms with Crippen molar-refractivity contribution in [1.82, 2.24) is 10.3 Å². The lowest BCUT2D eigenvalue weighted by molar-refractivity contribution is -0.144. The minimum atomic E-state index is -1.16. The lowest BCUT2D eigenvalue weighted by atomic mass is 9.98. The number of rotatable bonds is 6. The number of carboxylic acid groups (broad SMARTS) is 1. The van der Waals surface area contributed by atoms with Crippen LogP contribution in [0.15, 0.2) is 24.3 Å². The Morgan fingerprint density at radius 1 is 1.31 bits per heavy atom. The molecular weight excluding hydrogens is 376 g/mol. The van der Waals surface area contributed by atoms with Crippen molar-refractivity contribution >= 4 is 34.8 Å². The Balaban J connectivity index is 1.68. The minimum absolute atomic E-state index is 0.227. The summed E-state index contributed by atoms with van der Waals surface area (Å²) in [6, 6.07) is 6.98. The second-order valence-electron chi connectivity index (χ2n) is 6.31. The Bertz CT molecular complexity index is 813. The minimum Gasteiger partial charge on any atom is -0.486 e. The molecule has 6 nitrogen and oxygen atoms in total. The number of hydrogen-bond acceptors (Lipinski definition) is 5. The zero-order valence-corrected chi connectivity index (χ0v) is 15.8. The van der Waals surface area contributed by atoms with E-state index >= 15 is 0 Å². The third-order valence-electron chi connectivity index (χ3n) is 4.44. The number of benzene rings is 1. The first-order valence-electron chi connectivity index (χ1n) is 8.30. The van der Waals surface area contributed by atoms with Crippen LogP contribution in [0.2, 0.25) is 5.02 Å². The molecule has 1 aromatic carbocycles. The SMILES string of the molecule is Cc1nc(COc2ccc(Cl)cc2)sc1C(=O)NC1(C(=O)O)CCCC1. The van der Waals surface area contributed by atoms with E-state index in [1.807, 2.05) is 0 Å². The lowest BCUT2D eigenvalue weighted by Crippen LogP contribution is -2.52. The molecule has 1 aliphatic rings. The number of ether oxygens (including phenoxy) is 1. The van der Waals surface area contributed by atoms with E-state index in [2.05, 4.69) is 10.3 Å². The molecule has 0 radical (unpaired) electrons. The molecule has 1 fully saturated rings. The van der Waals surface area contributed by atoms with Crippen molar-refractivity contribution in [3.63, 3.8) is 0 Å². The molecule has 8 heteroatoms. The number of aromatic nitrogens is 1. The normalized spacial score (nSPS) is 15.6. The fraction of sp³-hybridized carbons (Fsp3) is 0.389. The van der Waals surface area contributed by atoms with Crippen LogP contribution >= 0.6 is 22.9 Å². The monoisotopic (exact) mass is 394 g/mol. The number of halogens is 1. The molecule has 1 heterocycles. The number of carbonyl (C=O) groups excluding carboxylic acids is 1. The van der Waals surface area contributed by atoms with Crippen LogP contribution in [0, 0.1) is 6.92 Å². The van der Waals surface area contributed by atoms with E-state index in [4.69, 9.17) is 16.3 Å². The van der Waals surface area contributed by atoms with Gasteiger partial charge in [-0.15, -0.1) is 11.3 Å². The van der Waals surface area contributed by atoms with Crippen LogP contribution in [-0.2, 0) is 11.4 Å². The molecule has 0 unspecified atom stereocenters. The summed E-state index contributed by atoms with van der Waals surface area (Å²) in [4.78, 5) is 29.0. The molecule has 1 amide bonds. The van der Waals surface area contributed by atoms with Crippen LogP contribution in [0.5, 0.6) is 5.75 Å². The van der Waals surface area contributed by atoms with Crippen molar-refractivity contribution in [2.24, 2.45) is 0 Å². The van der Waals surface area contributed by atoms with Crippen LogP contribution in [-0.4, -0.2) is 27.5 Å². The lowest BCUT2D eigenvalue weighted by Gasteiger charge is -2.24. The van der Waals surface area contributed by atoms with Gasteiger partial charge in [-0.1, -0.05) is 24.4 Å². The molecule has 2 N–H and O–H groups in total. The highest BCUT2D eigenvalue weighted by Gasteiger charge is 2.43. The maximum atomic E-state index is 12.6. The summed E-state index contributed by atoms with van der Waals surface area (Å²) in [6.07, 6.45) is 2.51. The number of thiazole rings is 1. The zero-order valence-electron chi connectivity index (χ0n) is 14.3. The van der Waals surface area contributed by atoms with Crippen LogP contribution in [0.25, 0.3) is 0 Å². The molecule has 1 saturated carbocycles. The van der Waals surface area contributed by atoms with Crippen LogP contribution in [0.1, 0.15) is 46.1 Å². The van der Waals surface area contributed by atoms with Crippen molar-refractivity contribution < 1.29 is 19.4 Å². The van der Waals surface area contributed by atoms with Crippen molar-refractivity contribution in [2.75, 3.05) is 0 Å². The largest absolute Gasteiger partial charge is 0.486 e. The van der Waals surface area contributed by atoms with Gasteiger partial charge in [0, 0.05) is 5.02 Å². The number of aliphatic carboxylic acids is 1. The summed E-state index contributed by atoms with van der Waals surface area (Å²) >= 11 is 7.06.